The average molecular weight is 268 g/mol. The van der Waals surface area contributed by atoms with Gasteiger partial charge in [0.25, 0.3) is 0 Å². The summed E-state index contributed by atoms with van der Waals surface area (Å²) in [6, 6.07) is 14.9. The third-order valence-corrected chi connectivity index (χ3v) is 4.12. The van der Waals surface area contributed by atoms with Crippen LogP contribution >= 0.6 is 11.3 Å². The molecule has 0 aliphatic carbocycles. The topological polar surface area (TPSA) is 24.9 Å². The molecule has 0 saturated carbocycles. The number of thiazole rings is 1. The number of anilines is 1. The van der Waals surface area contributed by atoms with Gasteiger partial charge in [-0.2, -0.15) is 0 Å². The number of aryl methyl sites for hydroxylation is 2. The van der Waals surface area contributed by atoms with Gasteiger partial charge in [0.1, 0.15) is 5.01 Å². The first-order chi connectivity index (χ1) is 9.20. The molecule has 1 N–H and O–H groups in total. The summed E-state index contributed by atoms with van der Waals surface area (Å²) in [6.07, 6.45) is 0. The quantitative estimate of drug-likeness (QED) is 0.755. The molecule has 3 heteroatoms. The fourth-order valence-corrected chi connectivity index (χ4v) is 2.90. The van der Waals surface area contributed by atoms with E-state index in [1.165, 1.54) is 15.8 Å². The molecule has 0 spiro atoms. The molecule has 3 rings (SSSR count). The van der Waals surface area contributed by atoms with Gasteiger partial charge < -0.3 is 5.32 Å². The minimum Gasteiger partial charge on any atom is -0.379 e. The average Bonchev–Trinajstić information content (AvgIpc) is 2.80. The lowest BCUT2D eigenvalue weighted by Crippen LogP contribution is -1.98. The third-order valence-electron chi connectivity index (χ3n) is 3.08. The van der Waals surface area contributed by atoms with E-state index in [4.69, 9.17) is 0 Å². The minimum absolute atomic E-state index is 0.779. The van der Waals surface area contributed by atoms with Gasteiger partial charge in [-0.15, -0.1) is 11.3 Å². The first kappa shape index (κ1) is 12.2. The summed E-state index contributed by atoms with van der Waals surface area (Å²) in [7, 11) is 0. The van der Waals surface area contributed by atoms with E-state index in [0.29, 0.717) is 0 Å². The molecule has 2 aromatic carbocycles. The van der Waals surface area contributed by atoms with E-state index in [2.05, 4.69) is 66.6 Å². The van der Waals surface area contributed by atoms with E-state index in [1.54, 1.807) is 11.3 Å². The van der Waals surface area contributed by atoms with Crippen molar-refractivity contribution < 1.29 is 0 Å². The minimum atomic E-state index is 0.779. The highest BCUT2D eigenvalue weighted by Gasteiger charge is 2.03. The van der Waals surface area contributed by atoms with Crippen LogP contribution in [0.15, 0.2) is 42.5 Å². The van der Waals surface area contributed by atoms with Gasteiger partial charge in [-0.05, 0) is 43.7 Å². The Morgan fingerprint density at radius 3 is 2.53 bits per heavy atom. The van der Waals surface area contributed by atoms with Crippen molar-refractivity contribution in [3.63, 3.8) is 0 Å². The first-order valence-electron chi connectivity index (χ1n) is 6.37. The lowest BCUT2D eigenvalue weighted by Gasteiger charge is -2.03. The zero-order valence-electron chi connectivity index (χ0n) is 11.1. The van der Waals surface area contributed by atoms with Gasteiger partial charge >= 0.3 is 0 Å². The number of aromatic nitrogens is 1. The molecule has 0 saturated heterocycles. The van der Waals surface area contributed by atoms with Crippen molar-refractivity contribution >= 4 is 27.2 Å². The lowest BCUT2D eigenvalue weighted by atomic mass is 10.2. The van der Waals surface area contributed by atoms with Crippen molar-refractivity contribution in [2.45, 2.75) is 20.4 Å². The second kappa shape index (κ2) is 5.02. The molecule has 3 aromatic rings. The molecule has 0 bridgehead atoms. The standard InChI is InChI=1S/C16H16N2S/c1-11-3-6-13(7-4-11)17-10-16-18-14-9-12(2)5-8-15(14)19-16/h3-9,17H,10H2,1-2H3. The number of nitrogens with one attached hydrogen (secondary N) is 1. The lowest BCUT2D eigenvalue weighted by molar-refractivity contribution is 1.12. The van der Waals surface area contributed by atoms with Crippen LogP contribution in [0.1, 0.15) is 16.1 Å². The SMILES string of the molecule is Cc1ccc(NCc2nc3cc(C)ccc3s2)cc1. The predicted molar refractivity (Wildman–Crippen MR) is 82.9 cm³/mol. The summed E-state index contributed by atoms with van der Waals surface area (Å²) in [5.74, 6) is 0. The van der Waals surface area contributed by atoms with E-state index < -0.39 is 0 Å². The molecule has 0 atom stereocenters. The number of hydrogen-bond donors (Lipinski definition) is 1. The molecule has 1 aromatic heterocycles. The van der Waals surface area contributed by atoms with Crippen LogP contribution < -0.4 is 5.32 Å². The Balaban J connectivity index is 1.76. The zero-order chi connectivity index (χ0) is 13.2. The molecule has 1 heterocycles. The number of hydrogen-bond acceptors (Lipinski definition) is 3. The van der Waals surface area contributed by atoms with Gasteiger partial charge in [0.05, 0.1) is 16.8 Å². The van der Waals surface area contributed by atoms with Gasteiger partial charge in [0, 0.05) is 5.69 Å². The van der Waals surface area contributed by atoms with Gasteiger partial charge in [0.15, 0.2) is 0 Å². The fourth-order valence-electron chi connectivity index (χ4n) is 2.01. The van der Waals surface area contributed by atoms with E-state index in [1.807, 2.05) is 0 Å². The summed E-state index contributed by atoms with van der Waals surface area (Å²) >= 11 is 1.75. The molecule has 0 aliphatic heterocycles. The highest BCUT2D eigenvalue weighted by Crippen LogP contribution is 2.23. The van der Waals surface area contributed by atoms with Gasteiger partial charge in [-0.1, -0.05) is 23.8 Å². The summed E-state index contributed by atoms with van der Waals surface area (Å²) in [4.78, 5) is 4.66. The largest absolute Gasteiger partial charge is 0.379 e. The van der Waals surface area contributed by atoms with Crippen molar-refractivity contribution in [1.29, 1.82) is 0 Å². The van der Waals surface area contributed by atoms with Gasteiger partial charge in [-0.3, -0.25) is 0 Å². The molecule has 0 amide bonds. The van der Waals surface area contributed by atoms with Crippen LogP contribution in [-0.2, 0) is 6.54 Å². The zero-order valence-corrected chi connectivity index (χ0v) is 11.9. The smallest absolute Gasteiger partial charge is 0.113 e. The fraction of sp³-hybridized carbons (Fsp3) is 0.188. The number of rotatable bonds is 3. The maximum absolute atomic E-state index is 4.66. The van der Waals surface area contributed by atoms with Crippen molar-refractivity contribution in [2.24, 2.45) is 0 Å². The molecule has 0 aliphatic rings. The van der Waals surface area contributed by atoms with Crippen LogP contribution in [0.25, 0.3) is 10.2 Å². The Labute approximate surface area is 117 Å². The van der Waals surface area contributed by atoms with Crippen LogP contribution in [0.2, 0.25) is 0 Å². The normalized spacial score (nSPS) is 10.8. The maximum Gasteiger partial charge on any atom is 0.113 e. The van der Waals surface area contributed by atoms with Crippen LogP contribution in [0.5, 0.6) is 0 Å². The van der Waals surface area contributed by atoms with Gasteiger partial charge in [-0.25, -0.2) is 4.98 Å². The highest BCUT2D eigenvalue weighted by atomic mass is 32.1. The number of benzene rings is 2. The van der Waals surface area contributed by atoms with Gasteiger partial charge in [0.2, 0.25) is 0 Å². The van der Waals surface area contributed by atoms with E-state index in [9.17, 15) is 0 Å². The predicted octanol–water partition coefficient (Wildman–Crippen LogP) is 4.53. The molecular weight excluding hydrogens is 252 g/mol. The maximum atomic E-state index is 4.66. The highest BCUT2D eigenvalue weighted by molar-refractivity contribution is 7.18. The second-order valence-corrected chi connectivity index (χ2v) is 5.91. The first-order valence-corrected chi connectivity index (χ1v) is 7.19. The van der Waals surface area contributed by atoms with E-state index in [-0.39, 0.29) is 0 Å². The number of nitrogens with zero attached hydrogens (tertiary/aromatic N) is 1. The van der Waals surface area contributed by atoms with E-state index >= 15 is 0 Å². The van der Waals surface area contributed by atoms with Crippen LogP contribution in [0, 0.1) is 13.8 Å². The van der Waals surface area contributed by atoms with Crippen LogP contribution in [0.4, 0.5) is 5.69 Å². The van der Waals surface area contributed by atoms with E-state index in [0.717, 1.165) is 22.8 Å². The van der Waals surface area contributed by atoms with Crippen molar-refractivity contribution in [3.05, 3.63) is 58.6 Å². The summed E-state index contributed by atoms with van der Waals surface area (Å²) in [6.45, 7) is 4.98. The van der Waals surface area contributed by atoms with Crippen molar-refractivity contribution in [2.75, 3.05) is 5.32 Å². The summed E-state index contributed by atoms with van der Waals surface area (Å²) < 4.78 is 1.26. The van der Waals surface area contributed by atoms with Crippen LogP contribution in [0.3, 0.4) is 0 Å². The molecule has 0 radical (unpaired) electrons. The Hall–Kier alpha value is -1.87. The number of fused-ring (bicyclic) bond motifs is 1. The molecule has 2 nitrogen and oxygen atoms in total. The Kier molecular flexibility index (Phi) is 3.22. The monoisotopic (exact) mass is 268 g/mol. The Bertz CT molecular complexity index is 698. The van der Waals surface area contributed by atoms with Crippen molar-refractivity contribution in [3.8, 4) is 0 Å². The summed E-state index contributed by atoms with van der Waals surface area (Å²) in [5.41, 5.74) is 4.78. The molecule has 0 fully saturated rings. The Morgan fingerprint density at radius 2 is 1.74 bits per heavy atom. The summed E-state index contributed by atoms with van der Waals surface area (Å²) in [5, 5.41) is 4.54. The third kappa shape index (κ3) is 2.76. The molecule has 0 unspecified atom stereocenters. The molecule has 96 valence electrons. The second-order valence-electron chi connectivity index (χ2n) is 4.80. The Morgan fingerprint density at radius 1 is 1.00 bits per heavy atom. The van der Waals surface area contributed by atoms with Crippen molar-refractivity contribution in [1.82, 2.24) is 4.98 Å². The van der Waals surface area contributed by atoms with Crippen LogP contribution in [-0.4, -0.2) is 4.98 Å². The molecule has 19 heavy (non-hydrogen) atoms. The molecular formula is C16H16N2S.